The summed E-state index contributed by atoms with van der Waals surface area (Å²) in [5, 5.41) is 7.31. The minimum absolute atomic E-state index is 0.541. The third kappa shape index (κ3) is 3.11. The van der Waals surface area contributed by atoms with E-state index in [0.29, 0.717) is 5.71 Å². The zero-order chi connectivity index (χ0) is 9.84. The molecule has 0 radical (unpaired) electrons. The summed E-state index contributed by atoms with van der Waals surface area (Å²) in [5.41, 5.74) is 2.45. The van der Waals surface area contributed by atoms with Crippen LogP contribution in [0.3, 0.4) is 0 Å². The Hall–Kier alpha value is -0.960. The molecule has 0 saturated carbocycles. The Morgan fingerprint density at radius 3 is 2.69 bits per heavy atom. The van der Waals surface area contributed by atoms with Crippen LogP contribution in [0.5, 0.6) is 0 Å². The van der Waals surface area contributed by atoms with Gasteiger partial charge >= 0.3 is 0 Å². The molecule has 3 heteroatoms. The summed E-state index contributed by atoms with van der Waals surface area (Å²) in [6, 6.07) is 5.75. The van der Waals surface area contributed by atoms with Crippen molar-refractivity contribution >= 4 is 27.2 Å². The Kier molecular flexibility index (Phi) is 3.37. The molecule has 0 fully saturated rings. The van der Waals surface area contributed by atoms with Crippen molar-refractivity contribution in [3.8, 4) is 0 Å². The van der Waals surface area contributed by atoms with Gasteiger partial charge < -0.3 is 5.41 Å². The fraction of sp³-hybridized carbons (Fsp3) is 0.200. The number of rotatable bonds is 2. The van der Waals surface area contributed by atoms with Gasteiger partial charge in [0.2, 0.25) is 0 Å². The molecule has 2 nitrogen and oxygen atoms in total. The second-order valence-electron chi connectivity index (χ2n) is 2.86. The van der Waals surface area contributed by atoms with Crippen LogP contribution in [-0.2, 0) is 0 Å². The van der Waals surface area contributed by atoms with Crippen molar-refractivity contribution in [1.82, 2.24) is 4.98 Å². The van der Waals surface area contributed by atoms with E-state index in [1.165, 1.54) is 0 Å². The van der Waals surface area contributed by atoms with Crippen molar-refractivity contribution in [1.29, 1.82) is 5.41 Å². The zero-order valence-corrected chi connectivity index (χ0v) is 9.22. The van der Waals surface area contributed by atoms with E-state index in [0.717, 1.165) is 15.9 Å². The SMILES string of the molecule is CC(=N)/C=C(\C)c1cccc(Br)n1. The Balaban J connectivity index is 3.02. The highest BCUT2D eigenvalue weighted by Crippen LogP contribution is 2.14. The Bertz CT molecular complexity index is 356. The molecule has 0 aromatic carbocycles. The molecule has 0 aliphatic rings. The number of hydrogen-bond acceptors (Lipinski definition) is 2. The van der Waals surface area contributed by atoms with Gasteiger partial charge in [-0.2, -0.15) is 0 Å². The smallest absolute Gasteiger partial charge is 0.106 e. The maximum atomic E-state index is 7.31. The lowest BCUT2D eigenvalue weighted by atomic mass is 10.1. The lowest BCUT2D eigenvalue weighted by Gasteiger charge is -2.00. The predicted molar refractivity (Wildman–Crippen MR) is 59.0 cm³/mol. The van der Waals surface area contributed by atoms with Crippen LogP contribution in [0.4, 0.5) is 0 Å². The van der Waals surface area contributed by atoms with Gasteiger partial charge in [0.25, 0.3) is 0 Å². The molecule has 0 bridgehead atoms. The van der Waals surface area contributed by atoms with Gasteiger partial charge in [0.05, 0.1) is 5.69 Å². The lowest BCUT2D eigenvalue weighted by molar-refractivity contribution is 1.22. The molecule has 0 atom stereocenters. The number of pyridine rings is 1. The van der Waals surface area contributed by atoms with E-state index < -0.39 is 0 Å². The topological polar surface area (TPSA) is 36.7 Å². The fourth-order valence-corrected chi connectivity index (χ4v) is 1.37. The van der Waals surface area contributed by atoms with E-state index >= 15 is 0 Å². The molecule has 13 heavy (non-hydrogen) atoms. The van der Waals surface area contributed by atoms with Gasteiger partial charge in [-0.3, -0.25) is 0 Å². The van der Waals surface area contributed by atoms with Gasteiger partial charge in [-0.25, -0.2) is 4.98 Å². The second-order valence-corrected chi connectivity index (χ2v) is 3.67. The molecule has 68 valence electrons. The molecule has 0 unspecified atom stereocenters. The standard InChI is InChI=1S/C10H11BrN2/c1-7(6-8(2)12)9-4-3-5-10(11)13-9/h3-6,12H,1-2H3/b7-6+,12-8?. The monoisotopic (exact) mass is 238 g/mol. The van der Waals surface area contributed by atoms with E-state index in [1.807, 2.05) is 25.1 Å². The van der Waals surface area contributed by atoms with Crippen LogP contribution in [0.25, 0.3) is 5.57 Å². The Labute approximate surface area is 86.3 Å². The maximum Gasteiger partial charge on any atom is 0.106 e. The molecule has 1 N–H and O–H groups in total. The summed E-state index contributed by atoms with van der Waals surface area (Å²) in [5.74, 6) is 0. The van der Waals surface area contributed by atoms with E-state index in [9.17, 15) is 0 Å². The molecular weight excluding hydrogens is 228 g/mol. The van der Waals surface area contributed by atoms with Crippen LogP contribution in [0.1, 0.15) is 19.5 Å². The minimum Gasteiger partial charge on any atom is -0.306 e. The largest absolute Gasteiger partial charge is 0.306 e. The number of nitrogens with one attached hydrogen (secondary N) is 1. The number of nitrogens with zero attached hydrogens (tertiary/aromatic N) is 1. The van der Waals surface area contributed by atoms with Crippen molar-refractivity contribution < 1.29 is 0 Å². The van der Waals surface area contributed by atoms with E-state index in [1.54, 1.807) is 13.0 Å². The van der Waals surface area contributed by atoms with Crippen LogP contribution in [-0.4, -0.2) is 10.7 Å². The molecule has 0 spiro atoms. The highest BCUT2D eigenvalue weighted by Gasteiger charge is 1.97. The normalized spacial score (nSPS) is 11.5. The molecule has 1 aromatic rings. The van der Waals surface area contributed by atoms with Gasteiger partial charge in [0, 0.05) is 5.71 Å². The summed E-state index contributed by atoms with van der Waals surface area (Å²) >= 11 is 3.30. The van der Waals surface area contributed by atoms with E-state index in [2.05, 4.69) is 20.9 Å². The number of aromatic nitrogens is 1. The highest BCUT2D eigenvalue weighted by molar-refractivity contribution is 9.10. The molecule has 1 aromatic heterocycles. The van der Waals surface area contributed by atoms with Crippen molar-refractivity contribution in [3.63, 3.8) is 0 Å². The predicted octanol–water partition coefficient (Wildman–Crippen LogP) is 3.29. The average molecular weight is 239 g/mol. The highest BCUT2D eigenvalue weighted by atomic mass is 79.9. The second kappa shape index (κ2) is 4.33. The molecule has 0 aliphatic heterocycles. The van der Waals surface area contributed by atoms with Crippen LogP contribution in [0.2, 0.25) is 0 Å². The molecule has 0 saturated heterocycles. The van der Waals surface area contributed by atoms with E-state index in [-0.39, 0.29) is 0 Å². The third-order valence-corrected chi connectivity index (χ3v) is 1.99. The number of halogens is 1. The first-order valence-electron chi connectivity index (χ1n) is 3.96. The third-order valence-electron chi connectivity index (χ3n) is 1.55. The first-order chi connectivity index (χ1) is 6.09. The number of hydrogen-bond donors (Lipinski definition) is 1. The van der Waals surface area contributed by atoms with Crippen LogP contribution in [0, 0.1) is 5.41 Å². The van der Waals surface area contributed by atoms with Crippen LogP contribution < -0.4 is 0 Å². The summed E-state index contributed by atoms with van der Waals surface area (Å²) in [4.78, 5) is 4.28. The van der Waals surface area contributed by atoms with Crippen molar-refractivity contribution in [2.24, 2.45) is 0 Å². The van der Waals surface area contributed by atoms with Crippen molar-refractivity contribution in [2.75, 3.05) is 0 Å². The summed E-state index contributed by atoms with van der Waals surface area (Å²) < 4.78 is 0.820. The first kappa shape index (κ1) is 10.1. The average Bonchev–Trinajstić information content (AvgIpc) is 2.03. The quantitative estimate of drug-likeness (QED) is 0.624. The van der Waals surface area contributed by atoms with Crippen LogP contribution in [0.15, 0.2) is 28.9 Å². The van der Waals surface area contributed by atoms with Gasteiger partial charge in [-0.1, -0.05) is 6.07 Å². The van der Waals surface area contributed by atoms with Crippen molar-refractivity contribution in [2.45, 2.75) is 13.8 Å². The fourth-order valence-electron chi connectivity index (χ4n) is 1.03. The maximum absolute atomic E-state index is 7.31. The number of allylic oxidation sites excluding steroid dienone is 2. The summed E-state index contributed by atoms with van der Waals surface area (Å²) in [7, 11) is 0. The van der Waals surface area contributed by atoms with Gasteiger partial charge in [0.15, 0.2) is 0 Å². The van der Waals surface area contributed by atoms with E-state index in [4.69, 9.17) is 5.41 Å². The van der Waals surface area contributed by atoms with Gasteiger partial charge in [-0.05, 0) is 53.6 Å². The van der Waals surface area contributed by atoms with Gasteiger partial charge in [-0.15, -0.1) is 0 Å². The first-order valence-corrected chi connectivity index (χ1v) is 4.75. The molecule has 0 amide bonds. The Morgan fingerprint density at radius 2 is 2.15 bits per heavy atom. The Morgan fingerprint density at radius 1 is 1.46 bits per heavy atom. The molecule has 1 heterocycles. The summed E-state index contributed by atoms with van der Waals surface area (Å²) in [6.45, 7) is 3.70. The van der Waals surface area contributed by atoms with Crippen LogP contribution >= 0.6 is 15.9 Å². The van der Waals surface area contributed by atoms with Crippen molar-refractivity contribution in [3.05, 3.63) is 34.6 Å². The minimum atomic E-state index is 0.541. The lowest BCUT2D eigenvalue weighted by Crippen LogP contribution is -1.89. The molecular formula is C10H11BrN2. The van der Waals surface area contributed by atoms with Gasteiger partial charge in [0.1, 0.15) is 4.60 Å². The molecule has 0 aliphatic carbocycles. The zero-order valence-electron chi connectivity index (χ0n) is 7.63. The molecule has 1 rings (SSSR count). The summed E-state index contributed by atoms with van der Waals surface area (Å²) in [6.07, 6.45) is 1.80.